The summed E-state index contributed by atoms with van der Waals surface area (Å²) in [5.74, 6) is 1.31. The third-order valence-corrected chi connectivity index (χ3v) is 7.09. The predicted molar refractivity (Wildman–Crippen MR) is 130 cm³/mol. The quantitative estimate of drug-likeness (QED) is 0.463. The van der Waals surface area contributed by atoms with Gasteiger partial charge in [0.15, 0.2) is 0 Å². The molecule has 1 aliphatic heterocycles. The second-order valence-electron chi connectivity index (χ2n) is 7.51. The van der Waals surface area contributed by atoms with Crippen LogP contribution in [-0.2, 0) is 10.5 Å². The first-order valence-corrected chi connectivity index (χ1v) is 12.3. The summed E-state index contributed by atoms with van der Waals surface area (Å²) in [6.45, 7) is 2.66. The van der Waals surface area contributed by atoms with Crippen molar-refractivity contribution in [3.63, 3.8) is 0 Å². The number of aromatic nitrogens is 1. The Hall–Kier alpha value is -2.84. The lowest BCUT2D eigenvalue weighted by molar-refractivity contribution is -0.119. The Morgan fingerprint density at radius 2 is 2.03 bits per heavy atom. The van der Waals surface area contributed by atoms with E-state index >= 15 is 0 Å². The number of thiazole rings is 1. The van der Waals surface area contributed by atoms with E-state index in [0.717, 1.165) is 34.2 Å². The molecule has 2 aromatic carbocycles. The molecule has 32 heavy (non-hydrogen) atoms. The minimum absolute atomic E-state index is 0.0823. The van der Waals surface area contributed by atoms with E-state index in [1.165, 1.54) is 0 Å². The van der Waals surface area contributed by atoms with Gasteiger partial charge in [-0.2, -0.15) is 0 Å². The highest BCUT2D eigenvalue weighted by molar-refractivity contribution is 7.98. The number of thioether (sulfide) groups is 1. The van der Waals surface area contributed by atoms with Gasteiger partial charge in [0, 0.05) is 40.2 Å². The highest BCUT2D eigenvalue weighted by Gasteiger charge is 2.23. The number of aryl methyl sites for hydroxylation is 1. The Bertz CT molecular complexity index is 1110. The van der Waals surface area contributed by atoms with Crippen LogP contribution in [0.4, 0.5) is 11.4 Å². The summed E-state index contributed by atoms with van der Waals surface area (Å²) in [5, 5.41) is 6.08. The van der Waals surface area contributed by atoms with Crippen LogP contribution in [0.15, 0.2) is 52.7 Å². The molecule has 0 spiro atoms. The number of carbonyl (C=O) groups is 2. The fourth-order valence-electron chi connectivity index (χ4n) is 3.58. The number of methoxy groups -OCH3 is 1. The van der Waals surface area contributed by atoms with Crippen molar-refractivity contribution >= 4 is 46.3 Å². The van der Waals surface area contributed by atoms with Gasteiger partial charge in [-0.05, 0) is 62.2 Å². The molecule has 3 aromatic rings. The van der Waals surface area contributed by atoms with Gasteiger partial charge in [0.1, 0.15) is 5.75 Å². The van der Waals surface area contributed by atoms with Crippen LogP contribution in [0, 0.1) is 6.92 Å². The molecule has 1 fully saturated rings. The van der Waals surface area contributed by atoms with Gasteiger partial charge >= 0.3 is 0 Å². The van der Waals surface area contributed by atoms with Crippen molar-refractivity contribution in [2.45, 2.75) is 36.8 Å². The van der Waals surface area contributed by atoms with Crippen LogP contribution in [0.3, 0.4) is 0 Å². The zero-order valence-corrected chi connectivity index (χ0v) is 19.7. The van der Waals surface area contributed by atoms with Crippen LogP contribution >= 0.6 is 23.1 Å². The summed E-state index contributed by atoms with van der Waals surface area (Å²) in [6.07, 6.45) is 2.40. The van der Waals surface area contributed by atoms with Gasteiger partial charge in [-0.1, -0.05) is 0 Å². The largest absolute Gasteiger partial charge is 0.495 e. The number of ether oxygens (including phenoxy) is 1. The van der Waals surface area contributed by atoms with Crippen LogP contribution in [0.5, 0.6) is 5.75 Å². The number of anilines is 2. The molecule has 8 heteroatoms. The molecule has 0 aliphatic carbocycles. The van der Waals surface area contributed by atoms with Gasteiger partial charge in [-0.3, -0.25) is 9.59 Å². The Labute approximate surface area is 196 Å². The van der Waals surface area contributed by atoms with Crippen molar-refractivity contribution in [2.24, 2.45) is 0 Å². The monoisotopic (exact) mass is 467 g/mol. The Balaban J connectivity index is 1.43. The van der Waals surface area contributed by atoms with E-state index in [-0.39, 0.29) is 11.8 Å². The summed E-state index contributed by atoms with van der Waals surface area (Å²) in [6, 6.07) is 12.9. The number of hydrogen-bond acceptors (Lipinski definition) is 6. The molecule has 166 valence electrons. The summed E-state index contributed by atoms with van der Waals surface area (Å²) in [4.78, 5) is 32.5. The highest BCUT2D eigenvalue weighted by atomic mass is 32.2. The highest BCUT2D eigenvalue weighted by Crippen LogP contribution is 2.34. The number of nitrogens with zero attached hydrogens (tertiary/aromatic N) is 2. The molecule has 0 atom stereocenters. The molecule has 1 N–H and O–H groups in total. The number of benzene rings is 2. The van der Waals surface area contributed by atoms with Crippen LogP contribution in [0.25, 0.3) is 0 Å². The minimum atomic E-state index is -0.197. The number of nitrogens with one attached hydrogen (secondary N) is 1. The van der Waals surface area contributed by atoms with E-state index in [1.807, 2.05) is 31.2 Å². The fraction of sp³-hybridized carbons (Fsp3) is 0.292. The molecule has 2 amide bonds. The molecule has 6 nitrogen and oxygen atoms in total. The first-order valence-electron chi connectivity index (χ1n) is 10.5. The maximum Gasteiger partial charge on any atom is 0.255 e. The van der Waals surface area contributed by atoms with Crippen LogP contribution < -0.4 is 15.0 Å². The number of carbonyl (C=O) groups excluding carboxylic acids is 2. The molecule has 1 aromatic heterocycles. The number of amides is 2. The Kier molecular flexibility index (Phi) is 7.12. The lowest BCUT2D eigenvalue weighted by atomic mass is 10.1. The Morgan fingerprint density at radius 3 is 2.72 bits per heavy atom. The van der Waals surface area contributed by atoms with Gasteiger partial charge in [-0.15, -0.1) is 23.1 Å². The minimum Gasteiger partial charge on any atom is -0.495 e. The predicted octanol–water partition coefficient (Wildman–Crippen LogP) is 5.52. The second kappa shape index (κ2) is 10.2. The van der Waals surface area contributed by atoms with E-state index in [0.29, 0.717) is 35.7 Å². The van der Waals surface area contributed by atoms with Crippen LogP contribution in [-0.4, -0.2) is 30.5 Å². The maximum atomic E-state index is 12.8. The van der Waals surface area contributed by atoms with Crippen LogP contribution in [0.1, 0.15) is 40.3 Å². The SMILES string of the molecule is COc1ccc(NC(=O)c2ccc(SCc3csc(C)n3)cc2)cc1N1CCCCC1=O. The van der Waals surface area contributed by atoms with E-state index in [9.17, 15) is 9.59 Å². The Morgan fingerprint density at radius 1 is 1.22 bits per heavy atom. The van der Waals surface area contributed by atoms with Gasteiger partial charge in [-0.25, -0.2) is 4.98 Å². The molecular formula is C24H25N3O3S2. The molecule has 0 radical (unpaired) electrons. The standard InChI is InChI=1S/C24H25N3O3S2/c1-16-25-19(14-31-16)15-32-20-9-6-17(7-10-20)24(29)26-18-8-11-22(30-2)21(13-18)27-12-4-3-5-23(27)28/h6-11,13-14H,3-5,12,15H2,1-2H3,(H,26,29). The van der Waals surface area contributed by atoms with Gasteiger partial charge in [0.2, 0.25) is 5.91 Å². The lowest BCUT2D eigenvalue weighted by Crippen LogP contribution is -2.35. The van der Waals surface area contributed by atoms with Crippen molar-refractivity contribution in [1.82, 2.24) is 4.98 Å². The van der Waals surface area contributed by atoms with Crippen LogP contribution in [0.2, 0.25) is 0 Å². The van der Waals surface area contributed by atoms with Crippen molar-refractivity contribution < 1.29 is 14.3 Å². The van der Waals surface area contributed by atoms with Gasteiger partial charge < -0.3 is 15.0 Å². The van der Waals surface area contributed by atoms with Crippen molar-refractivity contribution in [2.75, 3.05) is 23.9 Å². The molecule has 4 rings (SSSR count). The third kappa shape index (κ3) is 5.31. The normalized spacial score (nSPS) is 13.8. The molecule has 0 bridgehead atoms. The van der Waals surface area contributed by atoms with E-state index in [1.54, 1.807) is 53.3 Å². The summed E-state index contributed by atoms with van der Waals surface area (Å²) in [7, 11) is 1.58. The molecule has 1 aliphatic rings. The number of piperidine rings is 1. The summed E-state index contributed by atoms with van der Waals surface area (Å²) >= 11 is 3.35. The van der Waals surface area contributed by atoms with Crippen molar-refractivity contribution in [3.05, 3.63) is 64.1 Å². The molecule has 2 heterocycles. The smallest absolute Gasteiger partial charge is 0.255 e. The molecule has 0 saturated carbocycles. The molecule has 1 saturated heterocycles. The summed E-state index contributed by atoms with van der Waals surface area (Å²) in [5.41, 5.74) is 2.97. The van der Waals surface area contributed by atoms with E-state index in [4.69, 9.17) is 4.74 Å². The zero-order chi connectivity index (χ0) is 22.5. The fourth-order valence-corrected chi connectivity index (χ4v) is 5.09. The molecular weight excluding hydrogens is 442 g/mol. The first-order chi connectivity index (χ1) is 15.5. The average Bonchev–Trinajstić information content (AvgIpc) is 3.23. The number of hydrogen-bond donors (Lipinski definition) is 1. The van der Waals surface area contributed by atoms with E-state index < -0.39 is 0 Å². The molecule has 0 unspecified atom stereocenters. The third-order valence-electron chi connectivity index (χ3n) is 5.22. The van der Waals surface area contributed by atoms with Crippen molar-refractivity contribution in [1.29, 1.82) is 0 Å². The van der Waals surface area contributed by atoms with E-state index in [2.05, 4.69) is 15.7 Å². The first kappa shape index (κ1) is 22.4. The zero-order valence-electron chi connectivity index (χ0n) is 18.1. The summed E-state index contributed by atoms with van der Waals surface area (Å²) < 4.78 is 5.45. The number of rotatable bonds is 7. The van der Waals surface area contributed by atoms with Gasteiger partial charge in [0.05, 0.1) is 23.5 Å². The maximum absolute atomic E-state index is 12.8. The lowest BCUT2D eigenvalue weighted by Gasteiger charge is -2.28. The average molecular weight is 468 g/mol. The second-order valence-corrected chi connectivity index (χ2v) is 9.63. The van der Waals surface area contributed by atoms with Crippen molar-refractivity contribution in [3.8, 4) is 5.75 Å². The topological polar surface area (TPSA) is 71.5 Å². The van der Waals surface area contributed by atoms with Gasteiger partial charge in [0.25, 0.3) is 5.91 Å².